The van der Waals surface area contributed by atoms with Crippen molar-refractivity contribution in [2.45, 2.75) is 0 Å². The predicted octanol–water partition coefficient (Wildman–Crippen LogP) is 7.43. The second-order valence-electron chi connectivity index (χ2n) is 8.57. The zero-order valence-corrected chi connectivity index (χ0v) is 19.7. The molecule has 5 rings (SSSR count). The maximum absolute atomic E-state index is 14.7. The van der Waals surface area contributed by atoms with Crippen LogP contribution in [0, 0.1) is 80.2 Å². The topological polar surface area (TPSA) is 95.2 Å². The van der Waals surface area contributed by atoms with Gasteiger partial charge in [0.25, 0.3) is 0 Å². The van der Waals surface area contributed by atoms with Gasteiger partial charge in [0, 0.05) is 41.0 Å². The first kappa shape index (κ1) is 25.8. The molecule has 1 aliphatic carbocycles. The van der Waals surface area contributed by atoms with E-state index in [-0.39, 0.29) is 50.1 Å². The third-order valence-electron chi connectivity index (χ3n) is 6.41. The monoisotopic (exact) mass is 538 g/mol. The molecule has 0 unspecified atom stereocenters. The molecule has 0 saturated heterocycles. The highest BCUT2D eigenvalue weighted by molar-refractivity contribution is 6.07. The first-order chi connectivity index (χ1) is 19.1. The molecule has 40 heavy (non-hydrogen) atoms. The number of allylic oxidation sites excluding steroid dienone is 1. The van der Waals surface area contributed by atoms with Crippen molar-refractivity contribution in [1.29, 1.82) is 21.0 Å². The van der Waals surface area contributed by atoms with Gasteiger partial charge in [-0.15, -0.1) is 0 Å². The highest BCUT2D eigenvalue weighted by atomic mass is 19.2. The molecule has 0 atom stereocenters. The lowest BCUT2D eigenvalue weighted by molar-refractivity contribution is 0.547. The van der Waals surface area contributed by atoms with Crippen molar-refractivity contribution < 1.29 is 26.3 Å². The molecule has 0 N–H and O–H groups in total. The van der Waals surface area contributed by atoms with Crippen molar-refractivity contribution in [1.82, 2.24) is 0 Å². The molecule has 0 spiro atoms. The zero-order chi connectivity index (χ0) is 28.9. The number of fused-ring (bicyclic) bond motifs is 3. The summed E-state index contributed by atoms with van der Waals surface area (Å²) in [7, 11) is 0. The molecule has 4 nitrogen and oxygen atoms in total. The molecule has 190 valence electrons. The van der Waals surface area contributed by atoms with Crippen molar-refractivity contribution in [3.05, 3.63) is 111 Å². The van der Waals surface area contributed by atoms with Gasteiger partial charge >= 0.3 is 0 Å². The molecular weight excluding hydrogens is 530 g/mol. The molecule has 0 heterocycles. The van der Waals surface area contributed by atoms with Crippen LogP contribution >= 0.6 is 0 Å². The Morgan fingerprint density at radius 2 is 0.800 bits per heavy atom. The average Bonchev–Trinajstić information content (AvgIpc) is 3.19. The van der Waals surface area contributed by atoms with E-state index in [0.29, 0.717) is 24.3 Å². The van der Waals surface area contributed by atoms with Crippen LogP contribution in [0.25, 0.3) is 39.0 Å². The molecule has 10 heteroatoms. The van der Waals surface area contributed by atoms with Gasteiger partial charge in [0.1, 0.15) is 52.6 Å². The van der Waals surface area contributed by atoms with E-state index in [2.05, 4.69) is 0 Å². The number of halogens is 6. The summed E-state index contributed by atoms with van der Waals surface area (Å²) in [5.74, 6) is -7.64. The van der Waals surface area contributed by atoms with Gasteiger partial charge in [0.15, 0.2) is 0 Å². The Hall–Kier alpha value is -5.84. The standard InChI is InChI=1S/C30H8F6N4/c31-16-3-24(33)29(25(34)4-16)18-7-22-20(1-13(18)9-37)21-2-14(10-38)19(8-23(21)28(22)15(11-39)12-40)30-26(35)5-17(32)6-27(30)36/h1-8H. The van der Waals surface area contributed by atoms with Crippen LogP contribution in [-0.2, 0) is 0 Å². The lowest BCUT2D eigenvalue weighted by atomic mass is 9.91. The molecule has 4 aromatic rings. The third-order valence-corrected chi connectivity index (χ3v) is 6.41. The van der Waals surface area contributed by atoms with Gasteiger partial charge in [0.05, 0.1) is 34.4 Å². The average molecular weight is 538 g/mol. The van der Waals surface area contributed by atoms with Crippen LogP contribution < -0.4 is 0 Å². The van der Waals surface area contributed by atoms with Crippen LogP contribution in [0.2, 0.25) is 0 Å². The number of nitrogens with zero attached hydrogens (tertiary/aromatic N) is 4. The molecule has 0 aromatic heterocycles. The minimum atomic E-state index is -1.31. The fourth-order valence-electron chi connectivity index (χ4n) is 4.81. The summed E-state index contributed by atoms with van der Waals surface area (Å²) in [5, 5.41) is 39.0. The van der Waals surface area contributed by atoms with Crippen molar-refractivity contribution in [3.63, 3.8) is 0 Å². The summed E-state index contributed by atoms with van der Waals surface area (Å²) in [6, 6.07) is 13.4. The predicted molar refractivity (Wildman–Crippen MR) is 129 cm³/mol. The Bertz CT molecular complexity index is 1830. The molecule has 0 fully saturated rings. The van der Waals surface area contributed by atoms with Gasteiger partial charge in [-0.25, -0.2) is 26.3 Å². The molecule has 0 aliphatic heterocycles. The van der Waals surface area contributed by atoms with Crippen LogP contribution in [0.5, 0.6) is 0 Å². The maximum atomic E-state index is 14.7. The van der Waals surface area contributed by atoms with Gasteiger partial charge in [0.2, 0.25) is 0 Å². The fourth-order valence-corrected chi connectivity index (χ4v) is 4.81. The van der Waals surface area contributed by atoms with Gasteiger partial charge in [-0.2, -0.15) is 21.0 Å². The minimum absolute atomic E-state index is 0.0475. The lowest BCUT2D eigenvalue weighted by Gasteiger charge is -2.11. The molecule has 1 aliphatic rings. The highest BCUT2D eigenvalue weighted by Gasteiger charge is 2.32. The Morgan fingerprint density at radius 1 is 0.450 bits per heavy atom. The summed E-state index contributed by atoms with van der Waals surface area (Å²) in [5.41, 5.74) is -2.75. The molecule has 0 radical (unpaired) electrons. The maximum Gasteiger partial charge on any atom is 0.138 e. The SMILES string of the molecule is N#CC(C#N)=C1c2cc(-c3c(F)cc(F)cc3F)c(C#N)cc2-c2cc(C#N)c(-c3c(F)cc(F)cc3F)cc21. The second-order valence-corrected chi connectivity index (χ2v) is 8.57. The van der Waals surface area contributed by atoms with E-state index in [9.17, 15) is 47.4 Å². The summed E-state index contributed by atoms with van der Waals surface area (Å²) in [4.78, 5) is 0. The number of rotatable bonds is 2. The third kappa shape index (κ3) is 3.84. The summed E-state index contributed by atoms with van der Waals surface area (Å²) in [6.07, 6.45) is 0. The number of nitriles is 4. The van der Waals surface area contributed by atoms with E-state index < -0.39 is 51.6 Å². The Kier molecular flexibility index (Phi) is 6.11. The first-order valence-corrected chi connectivity index (χ1v) is 11.1. The number of benzene rings is 4. The van der Waals surface area contributed by atoms with E-state index in [0.717, 1.165) is 12.1 Å². The Labute approximate surface area is 222 Å². The lowest BCUT2D eigenvalue weighted by Crippen LogP contribution is -1.97. The zero-order valence-electron chi connectivity index (χ0n) is 19.7. The second kappa shape index (κ2) is 9.48. The summed E-state index contributed by atoms with van der Waals surface area (Å²) >= 11 is 0. The first-order valence-electron chi connectivity index (χ1n) is 11.1. The summed E-state index contributed by atoms with van der Waals surface area (Å²) in [6.45, 7) is 0. The van der Waals surface area contributed by atoms with Gasteiger partial charge in [-0.05, 0) is 46.5 Å². The molecule has 0 bridgehead atoms. The van der Waals surface area contributed by atoms with Crippen LogP contribution in [0.15, 0.2) is 54.1 Å². The van der Waals surface area contributed by atoms with E-state index >= 15 is 0 Å². The smallest absolute Gasteiger partial charge is 0.138 e. The van der Waals surface area contributed by atoms with Crippen LogP contribution in [0.1, 0.15) is 22.3 Å². The van der Waals surface area contributed by atoms with Crippen molar-refractivity contribution in [2.75, 3.05) is 0 Å². The van der Waals surface area contributed by atoms with Crippen LogP contribution in [-0.4, -0.2) is 0 Å². The molecular formula is C30H8F6N4. The quantitative estimate of drug-likeness (QED) is 0.173. The molecule has 0 saturated carbocycles. The summed E-state index contributed by atoms with van der Waals surface area (Å²) < 4.78 is 86.0. The largest absolute Gasteiger partial charge is 0.207 e. The van der Waals surface area contributed by atoms with Gasteiger partial charge < -0.3 is 0 Å². The van der Waals surface area contributed by atoms with E-state index in [1.165, 1.54) is 12.1 Å². The van der Waals surface area contributed by atoms with E-state index in [1.807, 2.05) is 12.1 Å². The Morgan fingerprint density at radius 3 is 1.10 bits per heavy atom. The Balaban J connectivity index is 1.90. The molecule has 4 aromatic carbocycles. The highest BCUT2D eigenvalue weighted by Crippen LogP contribution is 2.50. The van der Waals surface area contributed by atoms with Gasteiger partial charge in [-0.3, -0.25) is 0 Å². The van der Waals surface area contributed by atoms with Crippen molar-refractivity contribution in [3.8, 4) is 57.7 Å². The van der Waals surface area contributed by atoms with Crippen molar-refractivity contribution >= 4 is 5.57 Å². The van der Waals surface area contributed by atoms with Crippen LogP contribution in [0.3, 0.4) is 0 Å². The number of hydrogen-bond donors (Lipinski definition) is 0. The van der Waals surface area contributed by atoms with E-state index in [4.69, 9.17) is 0 Å². The van der Waals surface area contributed by atoms with Crippen LogP contribution in [0.4, 0.5) is 26.3 Å². The minimum Gasteiger partial charge on any atom is -0.207 e. The van der Waals surface area contributed by atoms with E-state index in [1.54, 1.807) is 12.1 Å². The van der Waals surface area contributed by atoms with Gasteiger partial charge in [-0.1, -0.05) is 0 Å². The fraction of sp³-hybridized carbons (Fsp3) is 0. The normalized spacial score (nSPS) is 11.1. The number of hydrogen-bond acceptors (Lipinski definition) is 4. The van der Waals surface area contributed by atoms with Crippen molar-refractivity contribution in [2.24, 2.45) is 0 Å². The molecule has 0 amide bonds.